The van der Waals surface area contributed by atoms with Gasteiger partial charge in [-0.25, -0.2) is 8.42 Å². The molecule has 1 aromatic carbocycles. The number of methoxy groups -OCH3 is 1. The molecule has 96 valence electrons. The summed E-state index contributed by atoms with van der Waals surface area (Å²) in [5.74, 6) is 2.42. The SMILES string of the molecule is COc1ccc(Br)c(CSCCS(C)(=O)=O)c1. The van der Waals surface area contributed by atoms with Gasteiger partial charge in [-0.05, 0) is 23.8 Å². The second-order valence-electron chi connectivity index (χ2n) is 3.64. The van der Waals surface area contributed by atoms with Gasteiger partial charge in [-0.1, -0.05) is 15.9 Å². The van der Waals surface area contributed by atoms with Crippen molar-refractivity contribution in [1.29, 1.82) is 0 Å². The van der Waals surface area contributed by atoms with Gasteiger partial charge in [0.25, 0.3) is 0 Å². The van der Waals surface area contributed by atoms with Gasteiger partial charge >= 0.3 is 0 Å². The Bertz CT molecular complexity index is 472. The van der Waals surface area contributed by atoms with E-state index in [1.807, 2.05) is 18.2 Å². The van der Waals surface area contributed by atoms with E-state index in [2.05, 4.69) is 15.9 Å². The lowest BCUT2D eigenvalue weighted by molar-refractivity contribution is 0.414. The van der Waals surface area contributed by atoms with Gasteiger partial charge in [0, 0.05) is 22.2 Å². The van der Waals surface area contributed by atoms with Crippen LogP contribution in [-0.4, -0.2) is 33.3 Å². The van der Waals surface area contributed by atoms with E-state index in [-0.39, 0.29) is 5.75 Å². The van der Waals surface area contributed by atoms with Crippen LogP contribution in [0.5, 0.6) is 5.75 Å². The first-order valence-corrected chi connectivity index (χ1v) is 9.01. The Balaban J connectivity index is 2.51. The molecule has 0 atom stereocenters. The maximum atomic E-state index is 11.0. The Hall–Kier alpha value is -0.200. The molecule has 0 unspecified atom stereocenters. The highest BCUT2D eigenvalue weighted by molar-refractivity contribution is 9.10. The summed E-state index contributed by atoms with van der Waals surface area (Å²) in [5, 5.41) is 0. The van der Waals surface area contributed by atoms with Crippen molar-refractivity contribution in [2.75, 3.05) is 24.9 Å². The van der Waals surface area contributed by atoms with Crippen LogP contribution in [0.25, 0.3) is 0 Å². The molecular weight excluding hydrogens is 324 g/mol. The Morgan fingerprint density at radius 3 is 2.71 bits per heavy atom. The quantitative estimate of drug-likeness (QED) is 0.748. The molecule has 17 heavy (non-hydrogen) atoms. The summed E-state index contributed by atoms with van der Waals surface area (Å²) in [7, 11) is -1.23. The molecule has 1 aromatic rings. The Kier molecular flexibility index (Phi) is 5.82. The zero-order valence-corrected chi connectivity index (χ0v) is 13.0. The minimum absolute atomic E-state index is 0.221. The minimum Gasteiger partial charge on any atom is -0.497 e. The number of halogens is 1. The summed E-state index contributed by atoms with van der Waals surface area (Å²) in [6.45, 7) is 0. The topological polar surface area (TPSA) is 43.4 Å². The van der Waals surface area contributed by atoms with Crippen LogP contribution in [0.3, 0.4) is 0 Å². The molecule has 0 heterocycles. The van der Waals surface area contributed by atoms with Crippen molar-refractivity contribution in [3.8, 4) is 5.75 Å². The van der Waals surface area contributed by atoms with Crippen molar-refractivity contribution in [1.82, 2.24) is 0 Å². The molecule has 0 aromatic heterocycles. The minimum atomic E-state index is -2.86. The molecule has 1 rings (SSSR count). The maximum Gasteiger partial charge on any atom is 0.148 e. The number of benzene rings is 1. The van der Waals surface area contributed by atoms with Gasteiger partial charge in [0.1, 0.15) is 15.6 Å². The molecule has 0 radical (unpaired) electrons. The average Bonchev–Trinajstić information content (AvgIpc) is 2.25. The fourth-order valence-corrected chi connectivity index (χ4v) is 4.04. The molecule has 0 aliphatic heterocycles. The third-order valence-electron chi connectivity index (χ3n) is 2.11. The molecule has 0 saturated carbocycles. The maximum absolute atomic E-state index is 11.0. The van der Waals surface area contributed by atoms with Crippen LogP contribution in [-0.2, 0) is 15.6 Å². The number of ether oxygens (including phenoxy) is 1. The first kappa shape index (κ1) is 14.9. The number of rotatable bonds is 6. The van der Waals surface area contributed by atoms with Gasteiger partial charge in [0.05, 0.1) is 12.9 Å². The van der Waals surface area contributed by atoms with E-state index in [0.29, 0.717) is 5.75 Å². The van der Waals surface area contributed by atoms with Crippen molar-refractivity contribution < 1.29 is 13.2 Å². The van der Waals surface area contributed by atoms with Crippen molar-refractivity contribution in [2.24, 2.45) is 0 Å². The van der Waals surface area contributed by atoms with Crippen LogP contribution in [0.4, 0.5) is 0 Å². The van der Waals surface area contributed by atoms with Gasteiger partial charge in [0.15, 0.2) is 0 Å². The fourth-order valence-electron chi connectivity index (χ4n) is 1.18. The van der Waals surface area contributed by atoms with E-state index < -0.39 is 9.84 Å². The molecule has 6 heteroatoms. The number of thioether (sulfide) groups is 1. The average molecular weight is 339 g/mol. The monoisotopic (exact) mass is 338 g/mol. The molecule has 0 bridgehead atoms. The summed E-state index contributed by atoms with van der Waals surface area (Å²) in [6, 6.07) is 5.78. The largest absolute Gasteiger partial charge is 0.497 e. The van der Waals surface area contributed by atoms with Crippen LogP contribution < -0.4 is 4.74 Å². The van der Waals surface area contributed by atoms with E-state index in [9.17, 15) is 8.42 Å². The molecule has 0 N–H and O–H groups in total. The van der Waals surface area contributed by atoms with Crippen LogP contribution >= 0.6 is 27.7 Å². The molecule has 0 aliphatic carbocycles. The van der Waals surface area contributed by atoms with Crippen LogP contribution in [0.15, 0.2) is 22.7 Å². The standard InChI is InChI=1S/C11H15BrO3S2/c1-15-10-3-4-11(12)9(7-10)8-16-5-6-17(2,13)14/h3-4,7H,5-6,8H2,1-2H3. The van der Waals surface area contributed by atoms with E-state index in [4.69, 9.17) is 4.74 Å². The highest BCUT2D eigenvalue weighted by atomic mass is 79.9. The van der Waals surface area contributed by atoms with Crippen molar-refractivity contribution in [3.63, 3.8) is 0 Å². The Morgan fingerprint density at radius 1 is 1.41 bits per heavy atom. The highest BCUT2D eigenvalue weighted by Gasteiger charge is 2.05. The van der Waals surface area contributed by atoms with Gasteiger partial charge in [0.2, 0.25) is 0 Å². The van der Waals surface area contributed by atoms with Crippen LogP contribution in [0.2, 0.25) is 0 Å². The first-order chi connectivity index (χ1) is 7.92. The van der Waals surface area contributed by atoms with Crippen molar-refractivity contribution >= 4 is 37.5 Å². The summed E-state index contributed by atoms with van der Waals surface area (Å²) >= 11 is 5.07. The van der Waals surface area contributed by atoms with E-state index in [1.54, 1.807) is 18.9 Å². The van der Waals surface area contributed by atoms with Crippen molar-refractivity contribution in [2.45, 2.75) is 5.75 Å². The third kappa shape index (κ3) is 5.79. The second kappa shape index (κ2) is 6.66. The van der Waals surface area contributed by atoms with E-state index in [0.717, 1.165) is 21.5 Å². The Labute approximate surface area is 115 Å². The molecule has 0 aliphatic rings. The molecule has 3 nitrogen and oxygen atoms in total. The first-order valence-electron chi connectivity index (χ1n) is 5.00. The summed E-state index contributed by atoms with van der Waals surface area (Å²) in [6.07, 6.45) is 1.26. The number of hydrogen-bond donors (Lipinski definition) is 0. The smallest absolute Gasteiger partial charge is 0.148 e. The van der Waals surface area contributed by atoms with Gasteiger partial charge < -0.3 is 4.74 Å². The third-order valence-corrected chi connectivity index (χ3v) is 5.09. The molecule has 0 fully saturated rings. The zero-order valence-electron chi connectivity index (χ0n) is 9.77. The second-order valence-corrected chi connectivity index (χ2v) is 7.86. The summed E-state index contributed by atoms with van der Waals surface area (Å²) in [5.41, 5.74) is 1.11. The van der Waals surface area contributed by atoms with Gasteiger partial charge in [-0.15, -0.1) is 0 Å². The normalized spacial score (nSPS) is 11.5. The van der Waals surface area contributed by atoms with Gasteiger partial charge in [-0.3, -0.25) is 0 Å². The lowest BCUT2D eigenvalue weighted by Crippen LogP contribution is -2.05. The lowest BCUT2D eigenvalue weighted by Gasteiger charge is -2.07. The predicted octanol–water partition coefficient (Wildman–Crippen LogP) is 2.74. The molecular formula is C11H15BrO3S2. The summed E-state index contributed by atoms with van der Waals surface area (Å²) < 4.78 is 28.1. The number of sulfone groups is 1. The Morgan fingerprint density at radius 2 is 2.12 bits per heavy atom. The van der Waals surface area contributed by atoms with Crippen molar-refractivity contribution in [3.05, 3.63) is 28.2 Å². The van der Waals surface area contributed by atoms with Crippen LogP contribution in [0.1, 0.15) is 5.56 Å². The predicted molar refractivity (Wildman–Crippen MR) is 76.6 cm³/mol. The molecule has 0 spiro atoms. The lowest BCUT2D eigenvalue weighted by atomic mass is 10.2. The highest BCUT2D eigenvalue weighted by Crippen LogP contribution is 2.26. The van der Waals surface area contributed by atoms with Gasteiger partial charge in [-0.2, -0.15) is 11.8 Å². The fraction of sp³-hybridized carbons (Fsp3) is 0.455. The van der Waals surface area contributed by atoms with Crippen LogP contribution in [0, 0.1) is 0 Å². The summed E-state index contributed by atoms with van der Waals surface area (Å²) in [4.78, 5) is 0. The van der Waals surface area contributed by atoms with E-state index in [1.165, 1.54) is 6.26 Å². The molecule has 0 amide bonds. The molecule has 0 saturated heterocycles. The number of hydrogen-bond acceptors (Lipinski definition) is 4. The van der Waals surface area contributed by atoms with E-state index >= 15 is 0 Å². The zero-order chi connectivity index (χ0) is 12.9.